The molecule has 0 N–H and O–H groups in total. The van der Waals surface area contributed by atoms with Gasteiger partial charge in [-0.1, -0.05) is 34.8 Å². The first-order valence-corrected chi connectivity index (χ1v) is 6.81. The van der Waals surface area contributed by atoms with Gasteiger partial charge in [0.05, 0.1) is 0 Å². The predicted octanol–water partition coefficient (Wildman–Crippen LogP) is 3.45. The summed E-state index contributed by atoms with van der Waals surface area (Å²) in [7, 11) is 0. The third kappa shape index (κ3) is 4.67. The maximum atomic E-state index is 11.8. The van der Waals surface area contributed by atoms with Crippen LogP contribution in [0.5, 0.6) is 5.88 Å². The van der Waals surface area contributed by atoms with E-state index in [9.17, 15) is 4.79 Å². The molecule has 0 spiro atoms. The number of rotatable bonds is 3. The van der Waals surface area contributed by atoms with E-state index in [1.54, 1.807) is 6.92 Å². The third-order valence-electron chi connectivity index (χ3n) is 2.30. The van der Waals surface area contributed by atoms with Crippen molar-refractivity contribution < 1.29 is 9.53 Å². The number of halogens is 3. The number of hydrogen-bond donors (Lipinski definition) is 0. The maximum absolute atomic E-state index is 11.8. The van der Waals surface area contributed by atoms with Crippen molar-refractivity contribution in [1.29, 1.82) is 0 Å². The molecule has 1 amide bonds. The second-order valence-electron chi connectivity index (χ2n) is 3.71. The van der Waals surface area contributed by atoms with Gasteiger partial charge in [-0.3, -0.25) is 0 Å². The Morgan fingerprint density at radius 2 is 1.89 bits per heavy atom. The van der Waals surface area contributed by atoms with Crippen molar-refractivity contribution in [3.63, 3.8) is 0 Å². The van der Waals surface area contributed by atoms with Crippen molar-refractivity contribution >= 4 is 40.9 Å². The summed E-state index contributed by atoms with van der Waals surface area (Å²) in [6, 6.07) is 1.50. The van der Waals surface area contributed by atoms with Gasteiger partial charge in [0, 0.05) is 24.8 Å². The van der Waals surface area contributed by atoms with Gasteiger partial charge >= 0.3 is 6.09 Å². The largest absolute Gasteiger partial charge is 0.416 e. The van der Waals surface area contributed by atoms with Crippen molar-refractivity contribution in [2.45, 2.75) is 24.6 Å². The first kappa shape index (κ1) is 16.3. The van der Waals surface area contributed by atoms with Crippen LogP contribution in [0, 0.1) is 6.92 Å². The summed E-state index contributed by atoms with van der Waals surface area (Å²) in [4.78, 5) is 21.2. The molecule has 1 aromatic rings. The average Bonchev–Trinajstić information content (AvgIpc) is 2.28. The molecule has 0 aliphatic rings. The molecule has 0 fully saturated rings. The van der Waals surface area contributed by atoms with E-state index in [-0.39, 0.29) is 11.7 Å². The molecule has 1 heterocycles. The number of ether oxygens (including phenoxy) is 1. The van der Waals surface area contributed by atoms with Crippen LogP contribution >= 0.6 is 34.8 Å². The molecule has 0 aliphatic carbocycles. The topological polar surface area (TPSA) is 55.3 Å². The predicted molar refractivity (Wildman–Crippen MR) is 75.0 cm³/mol. The van der Waals surface area contributed by atoms with Gasteiger partial charge in [0.15, 0.2) is 5.82 Å². The summed E-state index contributed by atoms with van der Waals surface area (Å²) >= 11 is 17.1. The Hall–Kier alpha value is -0.780. The minimum atomic E-state index is -1.76. The lowest BCUT2D eigenvalue weighted by atomic mass is 10.4. The molecule has 8 heteroatoms. The Morgan fingerprint density at radius 1 is 1.32 bits per heavy atom. The molecule has 0 atom stereocenters. The molecule has 0 saturated heterocycles. The van der Waals surface area contributed by atoms with Crippen LogP contribution in [0.2, 0.25) is 0 Å². The van der Waals surface area contributed by atoms with Crippen LogP contribution in [0.25, 0.3) is 0 Å². The van der Waals surface area contributed by atoms with E-state index < -0.39 is 9.89 Å². The van der Waals surface area contributed by atoms with Crippen LogP contribution in [-0.2, 0) is 3.79 Å². The van der Waals surface area contributed by atoms with Crippen molar-refractivity contribution in [2.75, 3.05) is 13.1 Å². The molecular weight excluding hydrogens is 312 g/mol. The Kier molecular flexibility index (Phi) is 5.64. The number of aryl methyl sites for hydroxylation is 1. The Balaban J connectivity index is 2.96. The molecule has 5 nitrogen and oxygen atoms in total. The fourth-order valence-electron chi connectivity index (χ4n) is 1.35. The molecule has 19 heavy (non-hydrogen) atoms. The molecule has 1 rings (SSSR count). The zero-order valence-corrected chi connectivity index (χ0v) is 13.1. The average molecular weight is 327 g/mol. The summed E-state index contributed by atoms with van der Waals surface area (Å²) in [5.74, 6) is 0.0329. The van der Waals surface area contributed by atoms with Crippen LogP contribution < -0.4 is 4.74 Å². The van der Waals surface area contributed by atoms with E-state index >= 15 is 0 Å². The van der Waals surface area contributed by atoms with E-state index in [1.165, 1.54) is 11.0 Å². The van der Waals surface area contributed by atoms with Gasteiger partial charge in [-0.25, -0.2) is 9.78 Å². The van der Waals surface area contributed by atoms with Crippen LogP contribution in [0.3, 0.4) is 0 Å². The first-order chi connectivity index (χ1) is 8.77. The molecule has 106 valence electrons. The lowest BCUT2D eigenvalue weighted by Gasteiger charge is -2.18. The number of carbonyl (C=O) groups excluding carboxylic acids is 1. The van der Waals surface area contributed by atoms with Gasteiger partial charge in [-0.2, -0.15) is 4.98 Å². The van der Waals surface area contributed by atoms with Gasteiger partial charge in [0.2, 0.25) is 9.67 Å². The molecule has 0 aromatic carbocycles. The van der Waals surface area contributed by atoms with Gasteiger partial charge in [-0.15, -0.1) is 0 Å². The van der Waals surface area contributed by atoms with Crippen LogP contribution in [0.1, 0.15) is 25.4 Å². The normalized spacial score (nSPS) is 11.3. The Labute approximate surface area is 126 Å². The lowest BCUT2D eigenvalue weighted by Crippen LogP contribution is -2.33. The monoisotopic (exact) mass is 325 g/mol. The van der Waals surface area contributed by atoms with Crippen molar-refractivity contribution in [1.82, 2.24) is 14.9 Å². The highest BCUT2D eigenvalue weighted by atomic mass is 35.6. The Bertz CT molecular complexity index is 459. The number of carbonyl (C=O) groups is 1. The highest BCUT2D eigenvalue weighted by Gasteiger charge is 2.28. The number of aromatic nitrogens is 2. The molecule has 0 bridgehead atoms. The van der Waals surface area contributed by atoms with Gasteiger partial charge in [0.1, 0.15) is 0 Å². The summed E-state index contributed by atoms with van der Waals surface area (Å²) in [5.41, 5.74) is 0.540. The minimum Gasteiger partial charge on any atom is -0.391 e. The zero-order valence-electron chi connectivity index (χ0n) is 10.8. The molecule has 0 saturated carbocycles. The summed E-state index contributed by atoms with van der Waals surface area (Å²) in [6.45, 7) is 6.47. The van der Waals surface area contributed by atoms with E-state index in [0.717, 1.165) is 0 Å². The fraction of sp³-hybridized carbons (Fsp3) is 0.545. The SMILES string of the molecule is CCN(CC)C(=O)Oc1cc(C)nc(C(Cl)(Cl)Cl)n1. The number of amides is 1. The molecular formula is C11H14Cl3N3O2. The van der Waals surface area contributed by atoms with Crippen molar-refractivity contribution in [3.05, 3.63) is 17.6 Å². The molecule has 0 radical (unpaired) electrons. The summed E-state index contributed by atoms with van der Waals surface area (Å²) < 4.78 is 3.37. The number of hydrogen-bond acceptors (Lipinski definition) is 4. The van der Waals surface area contributed by atoms with Gasteiger partial charge in [-0.05, 0) is 20.8 Å². The molecule has 0 aliphatic heterocycles. The van der Waals surface area contributed by atoms with E-state index in [1.807, 2.05) is 13.8 Å². The Morgan fingerprint density at radius 3 is 2.37 bits per heavy atom. The van der Waals surface area contributed by atoms with Crippen LogP contribution in [-0.4, -0.2) is 34.1 Å². The minimum absolute atomic E-state index is 0.0279. The maximum Gasteiger partial charge on any atom is 0.416 e. The third-order valence-corrected chi connectivity index (χ3v) is 2.80. The second-order valence-corrected chi connectivity index (χ2v) is 5.99. The number of nitrogens with zero attached hydrogens (tertiary/aromatic N) is 3. The first-order valence-electron chi connectivity index (χ1n) is 5.67. The quantitative estimate of drug-likeness (QED) is 0.798. The van der Waals surface area contributed by atoms with E-state index in [0.29, 0.717) is 18.8 Å². The standard InChI is InChI=1S/C11H14Cl3N3O2/c1-4-17(5-2)10(18)19-8-6-7(3)15-9(16-8)11(12,13)14/h6H,4-5H2,1-3H3. The van der Waals surface area contributed by atoms with Gasteiger partial charge < -0.3 is 9.64 Å². The van der Waals surface area contributed by atoms with Crippen LogP contribution in [0.4, 0.5) is 4.79 Å². The van der Waals surface area contributed by atoms with Crippen molar-refractivity contribution in [2.24, 2.45) is 0 Å². The zero-order chi connectivity index (χ0) is 14.6. The molecule has 1 aromatic heterocycles. The fourth-order valence-corrected chi connectivity index (χ4v) is 1.61. The van der Waals surface area contributed by atoms with Gasteiger partial charge in [0.25, 0.3) is 0 Å². The van der Waals surface area contributed by atoms with Crippen molar-refractivity contribution in [3.8, 4) is 5.88 Å². The van der Waals surface area contributed by atoms with E-state index in [2.05, 4.69) is 9.97 Å². The van der Waals surface area contributed by atoms with E-state index in [4.69, 9.17) is 39.5 Å². The molecule has 0 unspecified atom stereocenters. The van der Waals surface area contributed by atoms with Crippen LogP contribution in [0.15, 0.2) is 6.07 Å². The second kappa shape index (κ2) is 6.59. The summed E-state index contributed by atoms with van der Waals surface area (Å²) in [6.07, 6.45) is -0.502. The highest BCUT2D eigenvalue weighted by Crippen LogP contribution is 2.36. The highest BCUT2D eigenvalue weighted by molar-refractivity contribution is 6.66. The smallest absolute Gasteiger partial charge is 0.391 e. The number of alkyl halides is 3. The lowest BCUT2D eigenvalue weighted by molar-refractivity contribution is 0.155. The summed E-state index contributed by atoms with van der Waals surface area (Å²) in [5, 5.41) is 0.